The molecule has 0 saturated heterocycles. The van der Waals surface area contributed by atoms with Crippen LogP contribution in [0.25, 0.3) is 33.5 Å². The molecule has 0 fully saturated rings. The highest BCUT2D eigenvalue weighted by Gasteiger charge is 2.25. The maximum absolute atomic E-state index is 9.40. The van der Waals surface area contributed by atoms with Crippen LogP contribution in [0.2, 0.25) is 0 Å². The van der Waals surface area contributed by atoms with Crippen LogP contribution < -0.4 is 15.1 Å². The number of benzene rings is 4. The van der Waals surface area contributed by atoms with Gasteiger partial charge in [0.2, 0.25) is 0 Å². The summed E-state index contributed by atoms with van der Waals surface area (Å²) < 4.78 is 10.4. The number of aromatic nitrogens is 3. The number of imidazole rings is 1. The van der Waals surface area contributed by atoms with Gasteiger partial charge in [0.15, 0.2) is 5.82 Å². The minimum atomic E-state index is 0.197. The lowest BCUT2D eigenvalue weighted by Gasteiger charge is -2.31. The highest BCUT2D eigenvalue weighted by molar-refractivity contribution is 6.13. The highest BCUT2D eigenvalue weighted by Crippen LogP contribution is 2.39. The molecule has 3 heterocycles. The standard InChI is InChI=1S/C35H34N6O2/c1-39-34-28(36-35(39)30-21-26-15-9-16-29-33(26)41(30)19-18-40(29)17-10-20-42)22-27(23-31(34)43-2)37-38-32(24-11-5-3-6-12-24)25-13-7-4-8-14-25/h3-9,11-16,21-23,37,42H,10,17-20H2,1-2H3. The number of aliphatic hydroxyl groups excluding tert-OH is 1. The number of aliphatic hydroxyl groups is 1. The Morgan fingerprint density at radius 3 is 2.35 bits per heavy atom. The van der Waals surface area contributed by atoms with E-state index in [9.17, 15) is 5.11 Å². The lowest BCUT2D eigenvalue weighted by atomic mass is 10.0. The molecule has 7 rings (SSSR count). The number of ether oxygens (including phenoxy) is 1. The van der Waals surface area contributed by atoms with Gasteiger partial charge in [-0.15, -0.1) is 0 Å². The van der Waals surface area contributed by atoms with E-state index in [0.29, 0.717) is 0 Å². The van der Waals surface area contributed by atoms with Gasteiger partial charge in [0.1, 0.15) is 11.3 Å². The van der Waals surface area contributed by atoms with Crippen molar-refractivity contribution in [2.45, 2.75) is 13.0 Å². The molecule has 43 heavy (non-hydrogen) atoms. The summed E-state index contributed by atoms with van der Waals surface area (Å²) in [6, 6.07) is 33.0. The summed E-state index contributed by atoms with van der Waals surface area (Å²) in [5, 5.41) is 15.4. The van der Waals surface area contributed by atoms with Gasteiger partial charge in [-0.3, -0.25) is 5.43 Å². The highest BCUT2D eigenvalue weighted by atomic mass is 16.5. The summed E-state index contributed by atoms with van der Waals surface area (Å²) in [5.41, 5.74) is 12.2. The molecule has 8 heteroatoms. The minimum absolute atomic E-state index is 0.197. The molecule has 0 bridgehead atoms. The van der Waals surface area contributed by atoms with Crippen molar-refractivity contribution in [2.24, 2.45) is 12.1 Å². The normalized spacial score (nSPS) is 12.6. The average Bonchev–Trinajstić information content (AvgIpc) is 3.59. The van der Waals surface area contributed by atoms with Gasteiger partial charge in [0, 0.05) is 55.9 Å². The maximum Gasteiger partial charge on any atom is 0.157 e. The molecule has 0 amide bonds. The smallest absolute Gasteiger partial charge is 0.157 e. The zero-order chi connectivity index (χ0) is 29.3. The second-order valence-corrected chi connectivity index (χ2v) is 10.8. The van der Waals surface area contributed by atoms with Gasteiger partial charge in [0.05, 0.1) is 40.9 Å². The molecule has 0 radical (unpaired) electrons. The number of hydrogen-bond donors (Lipinski definition) is 2. The molecule has 0 aliphatic carbocycles. The first-order chi connectivity index (χ1) is 21.2. The number of hydrogen-bond acceptors (Lipinski definition) is 6. The summed E-state index contributed by atoms with van der Waals surface area (Å²) >= 11 is 0. The van der Waals surface area contributed by atoms with Crippen molar-refractivity contribution in [2.75, 3.05) is 37.1 Å². The number of anilines is 2. The van der Waals surface area contributed by atoms with Crippen molar-refractivity contribution in [1.82, 2.24) is 14.1 Å². The number of rotatable bonds is 9. The molecule has 0 spiro atoms. The molecular formula is C35H34N6O2. The number of para-hydroxylation sites is 1. The Morgan fingerprint density at radius 2 is 1.65 bits per heavy atom. The Hall–Kier alpha value is -5.08. The molecule has 2 aromatic heterocycles. The van der Waals surface area contributed by atoms with Gasteiger partial charge < -0.3 is 23.9 Å². The van der Waals surface area contributed by atoms with Crippen molar-refractivity contribution in [3.8, 4) is 17.3 Å². The molecule has 0 atom stereocenters. The number of aryl methyl sites for hydroxylation is 1. The lowest BCUT2D eigenvalue weighted by Crippen LogP contribution is -2.32. The van der Waals surface area contributed by atoms with Crippen LogP contribution >= 0.6 is 0 Å². The second-order valence-electron chi connectivity index (χ2n) is 10.8. The fraction of sp³-hybridized carbons (Fsp3) is 0.200. The van der Waals surface area contributed by atoms with Crippen LogP contribution in [0.4, 0.5) is 11.4 Å². The molecule has 6 aromatic rings. The Kier molecular flexibility index (Phi) is 7.04. The molecular weight excluding hydrogens is 536 g/mol. The van der Waals surface area contributed by atoms with E-state index in [4.69, 9.17) is 14.8 Å². The van der Waals surface area contributed by atoms with Gasteiger partial charge >= 0.3 is 0 Å². The van der Waals surface area contributed by atoms with Crippen molar-refractivity contribution in [1.29, 1.82) is 0 Å². The quantitative estimate of drug-likeness (QED) is 0.158. The lowest BCUT2D eigenvalue weighted by molar-refractivity contribution is 0.289. The van der Waals surface area contributed by atoms with Crippen LogP contribution in [0.3, 0.4) is 0 Å². The predicted octanol–water partition coefficient (Wildman–Crippen LogP) is 6.27. The summed E-state index contributed by atoms with van der Waals surface area (Å²) in [6.07, 6.45) is 0.757. The van der Waals surface area contributed by atoms with Crippen molar-refractivity contribution in [3.63, 3.8) is 0 Å². The number of nitrogens with one attached hydrogen (secondary N) is 1. The van der Waals surface area contributed by atoms with E-state index in [0.717, 1.165) is 76.9 Å². The topological polar surface area (TPSA) is 79.8 Å². The van der Waals surface area contributed by atoms with Crippen LogP contribution in [-0.4, -0.2) is 51.7 Å². The Bertz CT molecular complexity index is 1900. The largest absolute Gasteiger partial charge is 0.494 e. The zero-order valence-electron chi connectivity index (χ0n) is 24.4. The van der Waals surface area contributed by atoms with Crippen LogP contribution in [0.5, 0.6) is 5.75 Å². The first kappa shape index (κ1) is 26.8. The first-order valence-electron chi connectivity index (χ1n) is 14.6. The van der Waals surface area contributed by atoms with E-state index in [1.165, 1.54) is 16.6 Å². The molecule has 1 aliphatic rings. The second kappa shape index (κ2) is 11.3. The zero-order valence-corrected chi connectivity index (χ0v) is 24.4. The van der Waals surface area contributed by atoms with Gasteiger partial charge in [-0.05, 0) is 24.6 Å². The number of fused-ring (bicyclic) bond motifs is 1. The fourth-order valence-electron chi connectivity index (χ4n) is 6.18. The fourth-order valence-corrected chi connectivity index (χ4v) is 6.18. The molecule has 1 aliphatic heterocycles. The van der Waals surface area contributed by atoms with Gasteiger partial charge in [-0.1, -0.05) is 72.8 Å². The average molecular weight is 571 g/mol. The summed E-state index contributed by atoms with van der Waals surface area (Å²) in [6.45, 7) is 2.78. The Labute approximate surface area is 250 Å². The monoisotopic (exact) mass is 570 g/mol. The SMILES string of the molecule is COc1cc(NN=C(c2ccccc2)c2ccccc2)cc2nc(-c3cc4cccc5c4n3CCN5CCCO)n(C)c12. The van der Waals surface area contributed by atoms with Crippen molar-refractivity contribution < 1.29 is 9.84 Å². The van der Waals surface area contributed by atoms with Gasteiger partial charge in [0.25, 0.3) is 0 Å². The van der Waals surface area contributed by atoms with Crippen LogP contribution in [-0.2, 0) is 13.6 Å². The van der Waals surface area contributed by atoms with E-state index in [-0.39, 0.29) is 6.61 Å². The van der Waals surface area contributed by atoms with Gasteiger partial charge in [-0.25, -0.2) is 4.98 Å². The summed E-state index contributed by atoms with van der Waals surface area (Å²) in [7, 11) is 3.74. The number of hydrazone groups is 1. The predicted molar refractivity (Wildman–Crippen MR) is 174 cm³/mol. The van der Waals surface area contributed by atoms with E-state index in [1.807, 2.05) is 55.6 Å². The van der Waals surface area contributed by atoms with Gasteiger partial charge in [-0.2, -0.15) is 5.10 Å². The summed E-state index contributed by atoms with van der Waals surface area (Å²) in [5.74, 6) is 1.61. The van der Waals surface area contributed by atoms with E-state index in [2.05, 4.69) is 68.0 Å². The van der Waals surface area contributed by atoms with Crippen LogP contribution in [0, 0.1) is 0 Å². The third-order valence-corrected chi connectivity index (χ3v) is 8.19. The molecule has 2 N–H and O–H groups in total. The van der Waals surface area contributed by atoms with E-state index >= 15 is 0 Å². The number of nitrogens with zero attached hydrogens (tertiary/aromatic N) is 5. The summed E-state index contributed by atoms with van der Waals surface area (Å²) in [4.78, 5) is 7.52. The molecule has 8 nitrogen and oxygen atoms in total. The van der Waals surface area contributed by atoms with Crippen molar-refractivity contribution >= 4 is 39.0 Å². The Morgan fingerprint density at radius 1 is 0.907 bits per heavy atom. The van der Waals surface area contributed by atoms with Crippen molar-refractivity contribution in [3.05, 3.63) is 108 Å². The molecule has 216 valence electrons. The molecule has 0 saturated carbocycles. The molecule has 4 aromatic carbocycles. The minimum Gasteiger partial charge on any atom is -0.494 e. The van der Waals surface area contributed by atoms with Crippen LogP contribution in [0.15, 0.2) is 102 Å². The number of methoxy groups -OCH3 is 1. The molecule has 0 unspecified atom stereocenters. The van der Waals surface area contributed by atoms with E-state index in [1.54, 1.807) is 7.11 Å². The third kappa shape index (κ3) is 4.79. The van der Waals surface area contributed by atoms with Crippen LogP contribution in [0.1, 0.15) is 17.5 Å². The Balaban J connectivity index is 1.30. The van der Waals surface area contributed by atoms with E-state index < -0.39 is 0 Å². The third-order valence-electron chi connectivity index (χ3n) is 8.19. The first-order valence-corrected chi connectivity index (χ1v) is 14.6. The maximum atomic E-state index is 9.40.